The molecule has 0 unspecified atom stereocenters. The minimum atomic E-state index is -0.140. The second kappa shape index (κ2) is 3.28. The average molecular weight is 191 g/mol. The van der Waals surface area contributed by atoms with Crippen molar-refractivity contribution in [1.82, 2.24) is 0 Å². The molecule has 0 aliphatic heterocycles. The molecule has 0 saturated heterocycles. The lowest BCUT2D eigenvalue weighted by Gasteiger charge is -2.24. The van der Waals surface area contributed by atoms with E-state index in [4.69, 9.17) is 5.73 Å². The number of rotatable bonds is 1. The van der Waals surface area contributed by atoms with Crippen LogP contribution in [-0.2, 0) is 5.54 Å². The third-order valence-corrected chi connectivity index (χ3v) is 3.27. The molecule has 1 saturated carbocycles. The van der Waals surface area contributed by atoms with Gasteiger partial charge in [-0.05, 0) is 37.0 Å². The predicted molar refractivity (Wildman–Crippen MR) is 57.2 cm³/mol. The summed E-state index contributed by atoms with van der Waals surface area (Å²) < 4.78 is 0. The van der Waals surface area contributed by atoms with Gasteiger partial charge < -0.3 is 10.8 Å². The van der Waals surface area contributed by atoms with E-state index in [0.29, 0.717) is 5.75 Å². The number of hydrogen-bond donors (Lipinski definition) is 2. The van der Waals surface area contributed by atoms with Crippen molar-refractivity contribution in [2.24, 2.45) is 5.73 Å². The molecular formula is C12H17NO. The molecule has 0 heterocycles. The van der Waals surface area contributed by atoms with Crippen LogP contribution in [0.5, 0.6) is 5.75 Å². The Balaban J connectivity index is 2.36. The van der Waals surface area contributed by atoms with E-state index in [0.717, 1.165) is 18.4 Å². The Morgan fingerprint density at radius 3 is 2.50 bits per heavy atom. The van der Waals surface area contributed by atoms with Crippen molar-refractivity contribution in [1.29, 1.82) is 0 Å². The number of hydrogen-bond acceptors (Lipinski definition) is 2. The zero-order valence-electron chi connectivity index (χ0n) is 8.59. The van der Waals surface area contributed by atoms with E-state index >= 15 is 0 Å². The van der Waals surface area contributed by atoms with Crippen LogP contribution in [0.3, 0.4) is 0 Å². The standard InChI is InChI=1S/C12H17NO/c1-9-8-10(4-5-11(9)14)12(13)6-2-3-7-12/h4-5,8,14H,2-3,6-7,13H2,1H3. The molecule has 1 fully saturated rings. The Bertz CT molecular complexity index is 340. The van der Waals surface area contributed by atoms with Crippen LogP contribution in [0.1, 0.15) is 36.8 Å². The van der Waals surface area contributed by atoms with Gasteiger partial charge in [-0.3, -0.25) is 0 Å². The molecule has 0 bridgehead atoms. The van der Waals surface area contributed by atoms with Gasteiger partial charge >= 0.3 is 0 Å². The fraction of sp³-hybridized carbons (Fsp3) is 0.500. The fourth-order valence-electron chi connectivity index (χ4n) is 2.26. The third kappa shape index (κ3) is 1.50. The normalized spacial score (nSPS) is 19.9. The van der Waals surface area contributed by atoms with E-state index in [1.54, 1.807) is 6.07 Å². The molecule has 1 aromatic rings. The quantitative estimate of drug-likeness (QED) is 0.716. The molecule has 1 aromatic carbocycles. The molecule has 0 aromatic heterocycles. The van der Waals surface area contributed by atoms with Gasteiger partial charge in [-0.15, -0.1) is 0 Å². The summed E-state index contributed by atoms with van der Waals surface area (Å²) in [6.07, 6.45) is 4.57. The van der Waals surface area contributed by atoms with Crippen molar-refractivity contribution >= 4 is 0 Å². The summed E-state index contributed by atoms with van der Waals surface area (Å²) in [7, 11) is 0. The molecule has 2 nitrogen and oxygen atoms in total. The van der Waals surface area contributed by atoms with E-state index in [1.807, 2.05) is 19.1 Å². The molecular weight excluding hydrogens is 174 g/mol. The lowest BCUT2D eigenvalue weighted by Crippen LogP contribution is -2.33. The number of phenols is 1. The van der Waals surface area contributed by atoms with Gasteiger partial charge in [0.05, 0.1) is 0 Å². The predicted octanol–water partition coefficient (Wildman–Crippen LogP) is 2.43. The van der Waals surface area contributed by atoms with Crippen LogP contribution in [0.15, 0.2) is 18.2 Å². The second-order valence-electron chi connectivity index (χ2n) is 4.36. The van der Waals surface area contributed by atoms with Gasteiger partial charge in [0.15, 0.2) is 0 Å². The summed E-state index contributed by atoms with van der Waals surface area (Å²) in [4.78, 5) is 0. The van der Waals surface area contributed by atoms with Gasteiger partial charge in [0.25, 0.3) is 0 Å². The molecule has 76 valence electrons. The largest absolute Gasteiger partial charge is 0.508 e. The smallest absolute Gasteiger partial charge is 0.118 e. The minimum absolute atomic E-state index is 0.140. The Labute approximate surface area is 84.7 Å². The Morgan fingerprint density at radius 2 is 1.93 bits per heavy atom. The van der Waals surface area contributed by atoms with Crippen LogP contribution in [0.2, 0.25) is 0 Å². The first-order valence-corrected chi connectivity index (χ1v) is 5.21. The van der Waals surface area contributed by atoms with E-state index in [-0.39, 0.29) is 5.54 Å². The van der Waals surface area contributed by atoms with Crippen molar-refractivity contribution in [2.75, 3.05) is 0 Å². The van der Waals surface area contributed by atoms with Gasteiger partial charge in [-0.25, -0.2) is 0 Å². The fourth-order valence-corrected chi connectivity index (χ4v) is 2.26. The second-order valence-corrected chi connectivity index (χ2v) is 4.36. The first-order chi connectivity index (χ1) is 6.62. The van der Waals surface area contributed by atoms with Crippen LogP contribution in [0.4, 0.5) is 0 Å². The maximum absolute atomic E-state index is 9.43. The zero-order chi connectivity index (χ0) is 10.2. The monoisotopic (exact) mass is 191 g/mol. The third-order valence-electron chi connectivity index (χ3n) is 3.27. The van der Waals surface area contributed by atoms with Crippen LogP contribution >= 0.6 is 0 Å². The molecule has 14 heavy (non-hydrogen) atoms. The Kier molecular flexibility index (Phi) is 2.23. The lowest BCUT2D eigenvalue weighted by molar-refractivity contribution is 0.453. The molecule has 0 spiro atoms. The number of aryl methyl sites for hydroxylation is 1. The highest BCUT2D eigenvalue weighted by Gasteiger charge is 2.31. The first kappa shape index (κ1) is 9.53. The lowest BCUT2D eigenvalue weighted by atomic mass is 9.88. The van der Waals surface area contributed by atoms with E-state index in [1.165, 1.54) is 18.4 Å². The van der Waals surface area contributed by atoms with E-state index in [9.17, 15) is 5.11 Å². The van der Waals surface area contributed by atoms with Gasteiger partial charge in [0.2, 0.25) is 0 Å². The van der Waals surface area contributed by atoms with Gasteiger partial charge in [0.1, 0.15) is 5.75 Å². The van der Waals surface area contributed by atoms with Crippen molar-refractivity contribution in [3.05, 3.63) is 29.3 Å². The minimum Gasteiger partial charge on any atom is -0.508 e. The summed E-state index contributed by atoms with van der Waals surface area (Å²) in [6, 6.07) is 5.71. The highest BCUT2D eigenvalue weighted by atomic mass is 16.3. The molecule has 0 atom stereocenters. The average Bonchev–Trinajstić information content (AvgIpc) is 2.58. The van der Waals surface area contributed by atoms with E-state index in [2.05, 4.69) is 0 Å². The molecule has 0 radical (unpaired) electrons. The van der Waals surface area contributed by atoms with Gasteiger partial charge in [-0.1, -0.05) is 25.0 Å². The van der Waals surface area contributed by atoms with E-state index < -0.39 is 0 Å². The SMILES string of the molecule is Cc1cc(C2(N)CCCC2)ccc1O. The van der Waals surface area contributed by atoms with Crippen LogP contribution in [0.25, 0.3) is 0 Å². The summed E-state index contributed by atoms with van der Waals surface area (Å²) in [5.74, 6) is 0.357. The number of nitrogens with two attached hydrogens (primary N) is 1. The van der Waals surface area contributed by atoms with Gasteiger partial charge in [0, 0.05) is 5.54 Å². The highest BCUT2D eigenvalue weighted by molar-refractivity contribution is 5.38. The molecule has 1 aliphatic carbocycles. The van der Waals surface area contributed by atoms with Crippen molar-refractivity contribution < 1.29 is 5.11 Å². The molecule has 2 rings (SSSR count). The summed E-state index contributed by atoms with van der Waals surface area (Å²) in [6.45, 7) is 1.91. The van der Waals surface area contributed by atoms with Gasteiger partial charge in [-0.2, -0.15) is 0 Å². The maximum Gasteiger partial charge on any atom is 0.118 e. The molecule has 2 heteroatoms. The summed E-state index contributed by atoms with van der Waals surface area (Å²) in [5, 5.41) is 9.43. The maximum atomic E-state index is 9.43. The zero-order valence-corrected chi connectivity index (χ0v) is 8.59. The van der Waals surface area contributed by atoms with Crippen molar-refractivity contribution in [2.45, 2.75) is 38.1 Å². The Hall–Kier alpha value is -1.02. The highest BCUT2D eigenvalue weighted by Crippen LogP contribution is 2.37. The van der Waals surface area contributed by atoms with Crippen LogP contribution in [-0.4, -0.2) is 5.11 Å². The number of benzene rings is 1. The molecule has 3 N–H and O–H groups in total. The van der Waals surface area contributed by atoms with Crippen molar-refractivity contribution in [3.63, 3.8) is 0 Å². The van der Waals surface area contributed by atoms with Crippen LogP contribution in [0, 0.1) is 6.92 Å². The number of aromatic hydroxyl groups is 1. The molecule has 1 aliphatic rings. The van der Waals surface area contributed by atoms with Crippen molar-refractivity contribution in [3.8, 4) is 5.75 Å². The topological polar surface area (TPSA) is 46.2 Å². The summed E-state index contributed by atoms with van der Waals surface area (Å²) in [5.41, 5.74) is 8.26. The summed E-state index contributed by atoms with van der Waals surface area (Å²) >= 11 is 0. The Morgan fingerprint density at radius 1 is 1.29 bits per heavy atom. The van der Waals surface area contributed by atoms with Crippen LogP contribution < -0.4 is 5.73 Å². The molecule has 0 amide bonds. The number of phenolic OH excluding ortho intramolecular Hbond substituents is 1. The first-order valence-electron chi connectivity index (χ1n) is 5.21.